The molecule has 0 fully saturated rings. The molecule has 4 rings (SSSR count). The quantitative estimate of drug-likeness (QED) is 0.341. The smallest absolute Gasteiger partial charge is 0.341 e. The van der Waals surface area contributed by atoms with Crippen LogP contribution in [0.25, 0.3) is 21.9 Å². The van der Waals surface area contributed by atoms with Crippen molar-refractivity contribution in [2.45, 2.75) is 6.92 Å². The van der Waals surface area contributed by atoms with Crippen molar-refractivity contribution in [1.82, 2.24) is 0 Å². The minimum Gasteiger partial charge on any atom is -0.493 e. The number of ether oxygens (including phenoxy) is 3. The Hall–Kier alpha value is -3.84. The van der Waals surface area contributed by atoms with Crippen molar-refractivity contribution in [2.75, 3.05) is 26.1 Å². The van der Waals surface area contributed by atoms with Gasteiger partial charge in [0.1, 0.15) is 10.6 Å². The van der Waals surface area contributed by atoms with Gasteiger partial charge in [-0.3, -0.25) is 4.79 Å². The number of carbonyl (C=O) groups excluding carboxylic acids is 2. The van der Waals surface area contributed by atoms with E-state index < -0.39 is 5.97 Å². The van der Waals surface area contributed by atoms with E-state index in [1.807, 2.05) is 47.8 Å². The number of thiophene rings is 1. The topological polar surface area (TPSA) is 73.9 Å². The van der Waals surface area contributed by atoms with Crippen molar-refractivity contribution in [3.05, 3.63) is 77.2 Å². The number of esters is 1. The third kappa shape index (κ3) is 4.40. The van der Waals surface area contributed by atoms with Gasteiger partial charge in [-0.25, -0.2) is 4.79 Å². The lowest BCUT2D eigenvalue weighted by atomic mass is 10.0. The lowest BCUT2D eigenvalue weighted by Gasteiger charge is -2.12. The number of nitrogens with one attached hydrogen (secondary N) is 1. The van der Waals surface area contributed by atoms with Crippen molar-refractivity contribution in [3.8, 4) is 22.6 Å². The second-order valence-corrected chi connectivity index (χ2v) is 8.00. The summed E-state index contributed by atoms with van der Waals surface area (Å²) in [5.41, 5.74) is 2.23. The Morgan fingerprint density at radius 1 is 0.939 bits per heavy atom. The predicted molar refractivity (Wildman–Crippen MR) is 131 cm³/mol. The summed E-state index contributed by atoms with van der Waals surface area (Å²) in [6, 6.07) is 18.6. The molecule has 0 bridgehead atoms. The first-order chi connectivity index (χ1) is 16.1. The Morgan fingerprint density at radius 2 is 1.70 bits per heavy atom. The Balaban J connectivity index is 1.76. The molecule has 0 unspecified atom stereocenters. The first-order valence-corrected chi connectivity index (χ1v) is 11.3. The highest BCUT2D eigenvalue weighted by Crippen LogP contribution is 2.40. The molecule has 6 nitrogen and oxygen atoms in total. The van der Waals surface area contributed by atoms with E-state index in [0.29, 0.717) is 33.2 Å². The number of anilines is 1. The molecule has 0 saturated carbocycles. The van der Waals surface area contributed by atoms with Gasteiger partial charge in [-0.1, -0.05) is 42.5 Å². The van der Waals surface area contributed by atoms with E-state index in [1.54, 1.807) is 39.3 Å². The molecule has 168 valence electrons. The van der Waals surface area contributed by atoms with Gasteiger partial charge in [0.15, 0.2) is 11.5 Å². The third-order valence-electron chi connectivity index (χ3n) is 5.23. The number of fused-ring (bicyclic) bond motifs is 1. The number of benzene rings is 3. The maximum Gasteiger partial charge on any atom is 0.341 e. The van der Waals surface area contributed by atoms with Crippen LogP contribution >= 0.6 is 11.3 Å². The van der Waals surface area contributed by atoms with Crippen LogP contribution in [0.4, 0.5) is 5.00 Å². The average molecular weight is 462 g/mol. The second kappa shape index (κ2) is 9.75. The first kappa shape index (κ1) is 22.4. The summed E-state index contributed by atoms with van der Waals surface area (Å²) in [5.74, 6) is 0.325. The summed E-state index contributed by atoms with van der Waals surface area (Å²) < 4.78 is 16.0. The molecule has 0 aliphatic carbocycles. The van der Waals surface area contributed by atoms with Crippen molar-refractivity contribution >= 4 is 39.0 Å². The van der Waals surface area contributed by atoms with E-state index in [2.05, 4.69) is 5.32 Å². The monoisotopic (exact) mass is 461 g/mol. The molecule has 7 heteroatoms. The van der Waals surface area contributed by atoms with Crippen molar-refractivity contribution < 1.29 is 23.8 Å². The standard InChI is InChI=1S/C26H23NO5S/c1-4-32-26(29)23-20(17-12-13-21(30-2)22(14-17)31-3)15-33-25(23)27-24(28)19-11-7-9-16-8-5-6-10-18(16)19/h5-15H,4H2,1-3H3,(H,27,28). The van der Waals surface area contributed by atoms with Crippen LogP contribution in [0.15, 0.2) is 66.0 Å². The van der Waals surface area contributed by atoms with Crippen LogP contribution in [0.1, 0.15) is 27.6 Å². The highest BCUT2D eigenvalue weighted by atomic mass is 32.1. The predicted octanol–water partition coefficient (Wildman–Crippen LogP) is 6.01. The third-order valence-corrected chi connectivity index (χ3v) is 6.12. The maximum absolute atomic E-state index is 13.2. The number of amides is 1. The Bertz CT molecular complexity index is 1320. The van der Waals surface area contributed by atoms with Gasteiger partial charge in [0.05, 0.1) is 20.8 Å². The summed E-state index contributed by atoms with van der Waals surface area (Å²) in [5, 5.41) is 6.98. The summed E-state index contributed by atoms with van der Waals surface area (Å²) in [7, 11) is 3.12. The van der Waals surface area contributed by atoms with Crippen LogP contribution in [0.3, 0.4) is 0 Å². The first-order valence-electron chi connectivity index (χ1n) is 10.4. The Morgan fingerprint density at radius 3 is 2.45 bits per heavy atom. The maximum atomic E-state index is 13.2. The van der Waals surface area contributed by atoms with Crippen LogP contribution in [0.2, 0.25) is 0 Å². The molecule has 0 spiro atoms. The molecule has 1 amide bonds. The van der Waals surface area contributed by atoms with Crippen LogP contribution in [0.5, 0.6) is 11.5 Å². The summed E-state index contributed by atoms with van der Waals surface area (Å²) in [6.45, 7) is 1.96. The van der Waals surface area contributed by atoms with E-state index in [1.165, 1.54) is 11.3 Å². The van der Waals surface area contributed by atoms with Crippen LogP contribution in [-0.4, -0.2) is 32.7 Å². The van der Waals surface area contributed by atoms with Crippen molar-refractivity contribution in [3.63, 3.8) is 0 Å². The minimum absolute atomic E-state index is 0.219. The van der Waals surface area contributed by atoms with Gasteiger partial charge in [0, 0.05) is 16.5 Å². The fourth-order valence-electron chi connectivity index (χ4n) is 3.67. The molecule has 1 aromatic heterocycles. The molecule has 0 atom stereocenters. The number of hydrogen-bond donors (Lipinski definition) is 1. The van der Waals surface area contributed by atoms with Crippen molar-refractivity contribution in [2.24, 2.45) is 0 Å². The summed E-state index contributed by atoms with van der Waals surface area (Å²) in [4.78, 5) is 26.1. The van der Waals surface area contributed by atoms with Gasteiger partial charge in [-0.2, -0.15) is 0 Å². The molecule has 3 aromatic carbocycles. The zero-order chi connectivity index (χ0) is 23.4. The molecule has 0 aliphatic rings. The number of carbonyl (C=O) groups is 2. The van der Waals surface area contributed by atoms with Gasteiger partial charge < -0.3 is 19.5 Å². The lowest BCUT2D eigenvalue weighted by Crippen LogP contribution is -2.15. The SMILES string of the molecule is CCOC(=O)c1c(-c2ccc(OC)c(OC)c2)csc1NC(=O)c1cccc2ccccc12. The van der Waals surface area contributed by atoms with Gasteiger partial charge in [-0.15, -0.1) is 11.3 Å². The average Bonchev–Trinajstić information content (AvgIpc) is 3.26. The molecule has 0 saturated heterocycles. The minimum atomic E-state index is -0.503. The summed E-state index contributed by atoms with van der Waals surface area (Å²) >= 11 is 1.27. The molecule has 0 aliphatic heterocycles. The van der Waals surface area contributed by atoms with Crippen LogP contribution in [0, 0.1) is 0 Å². The number of methoxy groups -OCH3 is 2. The van der Waals surface area contributed by atoms with E-state index in [0.717, 1.165) is 16.3 Å². The number of rotatable bonds is 7. The molecule has 1 heterocycles. The molecule has 0 radical (unpaired) electrons. The second-order valence-electron chi connectivity index (χ2n) is 7.12. The molecule has 1 N–H and O–H groups in total. The van der Waals surface area contributed by atoms with Crippen LogP contribution < -0.4 is 14.8 Å². The zero-order valence-corrected chi connectivity index (χ0v) is 19.3. The highest BCUT2D eigenvalue weighted by molar-refractivity contribution is 7.15. The fourth-order valence-corrected chi connectivity index (χ4v) is 4.62. The molecular weight excluding hydrogens is 438 g/mol. The normalized spacial score (nSPS) is 10.6. The zero-order valence-electron chi connectivity index (χ0n) is 18.5. The van der Waals surface area contributed by atoms with Gasteiger partial charge in [0.2, 0.25) is 0 Å². The van der Waals surface area contributed by atoms with E-state index in [4.69, 9.17) is 14.2 Å². The van der Waals surface area contributed by atoms with Gasteiger partial charge in [0.25, 0.3) is 5.91 Å². The Labute approximate surface area is 195 Å². The van der Waals surface area contributed by atoms with E-state index in [9.17, 15) is 9.59 Å². The summed E-state index contributed by atoms with van der Waals surface area (Å²) in [6.07, 6.45) is 0. The van der Waals surface area contributed by atoms with Gasteiger partial charge in [-0.05, 0) is 41.5 Å². The molecular formula is C26H23NO5S. The fraction of sp³-hybridized carbons (Fsp3) is 0.154. The van der Waals surface area contributed by atoms with E-state index >= 15 is 0 Å². The molecule has 4 aromatic rings. The highest BCUT2D eigenvalue weighted by Gasteiger charge is 2.24. The van der Waals surface area contributed by atoms with Crippen LogP contribution in [-0.2, 0) is 4.74 Å². The number of hydrogen-bond acceptors (Lipinski definition) is 6. The van der Waals surface area contributed by atoms with E-state index in [-0.39, 0.29) is 12.5 Å². The molecule has 33 heavy (non-hydrogen) atoms. The van der Waals surface area contributed by atoms with Crippen molar-refractivity contribution in [1.29, 1.82) is 0 Å². The lowest BCUT2D eigenvalue weighted by molar-refractivity contribution is 0.0529. The van der Waals surface area contributed by atoms with Gasteiger partial charge >= 0.3 is 5.97 Å². The largest absolute Gasteiger partial charge is 0.493 e. The Kier molecular flexibility index (Phi) is 6.60.